The monoisotopic (exact) mass is 218 g/mol. The van der Waals surface area contributed by atoms with Crippen LogP contribution in [0.25, 0.3) is 11.4 Å². The van der Waals surface area contributed by atoms with Crippen molar-refractivity contribution in [2.75, 3.05) is 11.9 Å². The fraction of sp³-hybridized carbons (Fsp3) is 0.364. The zero-order valence-electron chi connectivity index (χ0n) is 9.34. The number of nitrogens with one attached hydrogen (secondary N) is 1. The average Bonchev–Trinajstić information content (AvgIpc) is 2.76. The van der Waals surface area contributed by atoms with Gasteiger partial charge in [0.2, 0.25) is 5.82 Å². The van der Waals surface area contributed by atoms with Gasteiger partial charge in [0.15, 0.2) is 0 Å². The fourth-order valence-electron chi connectivity index (χ4n) is 1.20. The Bertz CT molecular complexity index is 438. The number of anilines is 1. The number of rotatable bonds is 4. The lowest BCUT2D eigenvalue weighted by Crippen LogP contribution is -2.07. The van der Waals surface area contributed by atoms with Crippen molar-refractivity contribution in [3.05, 3.63) is 24.5 Å². The Morgan fingerprint density at radius 2 is 2.31 bits per heavy atom. The van der Waals surface area contributed by atoms with Crippen LogP contribution in [-0.4, -0.2) is 21.7 Å². The van der Waals surface area contributed by atoms with Gasteiger partial charge in [-0.15, -0.1) is 0 Å². The summed E-state index contributed by atoms with van der Waals surface area (Å²) in [4.78, 5) is 8.23. The van der Waals surface area contributed by atoms with E-state index < -0.39 is 0 Å². The van der Waals surface area contributed by atoms with E-state index in [-0.39, 0.29) is 0 Å². The molecule has 0 aliphatic carbocycles. The summed E-state index contributed by atoms with van der Waals surface area (Å²) >= 11 is 0. The number of hydrogen-bond donors (Lipinski definition) is 1. The molecule has 0 aromatic carbocycles. The molecule has 84 valence electrons. The van der Waals surface area contributed by atoms with E-state index in [2.05, 4.69) is 34.3 Å². The van der Waals surface area contributed by atoms with E-state index in [9.17, 15) is 0 Å². The Kier molecular flexibility index (Phi) is 3.14. The zero-order valence-corrected chi connectivity index (χ0v) is 9.34. The lowest BCUT2D eigenvalue weighted by atomic mass is 10.2. The predicted octanol–water partition coefficient (Wildman–Crippen LogP) is 2.20. The van der Waals surface area contributed by atoms with E-state index in [1.54, 1.807) is 12.4 Å². The van der Waals surface area contributed by atoms with Gasteiger partial charge >= 0.3 is 6.01 Å². The molecule has 0 unspecified atom stereocenters. The molecule has 5 nitrogen and oxygen atoms in total. The van der Waals surface area contributed by atoms with Crippen molar-refractivity contribution in [1.29, 1.82) is 0 Å². The van der Waals surface area contributed by atoms with Crippen LogP contribution < -0.4 is 5.32 Å². The molecule has 0 radical (unpaired) electrons. The van der Waals surface area contributed by atoms with Gasteiger partial charge in [0.05, 0.1) is 0 Å². The van der Waals surface area contributed by atoms with Crippen molar-refractivity contribution in [3.8, 4) is 11.4 Å². The third kappa shape index (κ3) is 2.56. The molecule has 16 heavy (non-hydrogen) atoms. The molecule has 0 saturated carbocycles. The Hall–Kier alpha value is -1.91. The minimum absolute atomic E-state index is 0.451. The van der Waals surface area contributed by atoms with Gasteiger partial charge in [-0.2, -0.15) is 4.98 Å². The van der Waals surface area contributed by atoms with Gasteiger partial charge in [0.1, 0.15) is 0 Å². The van der Waals surface area contributed by atoms with Gasteiger partial charge in [-0.05, 0) is 18.1 Å². The molecule has 0 aliphatic heterocycles. The van der Waals surface area contributed by atoms with E-state index in [1.165, 1.54) is 0 Å². The second-order valence-electron chi connectivity index (χ2n) is 3.94. The molecule has 0 amide bonds. The predicted molar refractivity (Wildman–Crippen MR) is 60.9 cm³/mol. The van der Waals surface area contributed by atoms with Crippen LogP contribution in [0, 0.1) is 5.92 Å². The maximum atomic E-state index is 5.07. The lowest BCUT2D eigenvalue weighted by molar-refractivity contribution is 0.429. The molecule has 0 atom stereocenters. The van der Waals surface area contributed by atoms with E-state index in [0.29, 0.717) is 17.8 Å². The van der Waals surface area contributed by atoms with E-state index in [1.807, 2.05) is 12.1 Å². The van der Waals surface area contributed by atoms with Gasteiger partial charge < -0.3 is 9.84 Å². The molecule has 2 heterocycles. The summed E-state index contributed by atoms with van der Waals surface area (Å²) in [5.74, 6) is 1.09. The van der Waals surface area contributed by atoms with Gasteiger partial charge in [-0.3, -0.25) is 4.98 Å². The van der Waals surface area contributed by atoms with Crippen molar-refractivity contribution >= 4 is 6.01 Å². The topological polar surface area (TPSA) is 63.8 Å². The van der Waals surface area contributed by atoms with Crippen LogP contribution >= 0.6 is 0 Å². The van der Waals surface area contributed by atoms with Gasteiger partial charge in [-0.25, -0.2) is 0 Å². The first-order valence-corrected chi connectivity index (χ1v) is 5.23. The molecule has 0 fully saturated rings. The van der Waals surface area contributed by atoms with E-state index >= 15 is 0 Å². The van der Waals surface area contributed by atoms with Crippen molar-refractivity contribution < 1.29 is 4.52 Å². The largest absolute Gasteiger partial charge is 0.337 e. The SMILES string of the molecule is CC(C)CNc1nc(-c2cccnc2)no1. The summed E-state index contributed by atoms with van der Waals surface area (Å²) < 4.78 is 5.07. The molecular formula is C11H14N4O. The standard InChI is InChI=1S/C11H14N4O/c1-8(2)6-13-11-14-10(15-16-11)9-4-3-5-12-7-9/h3-5,7-8H,6H2,1-2H3,(H,13,14,15). The van der Waals surface area contributed by atoms with Crippen LogP contribution in [0.4, 0.5) is 6.01 Å². The maximum Gasteiger partial charge on any atom is 0.321 e. The highest BCUT2D eigenvalue weighted by molar-refractivity contribution is 5.53. The van der Waals surface area contributed by atoms with Crippen LogP contribution in [0.5, 0.6) is 0 Å². The summed E-state index contributed by atoms with van der Waals surface area (Å²) in [5, 5.41) is 6.95. The quantitative estimate of drug-likeness (QED) is 0.852. The van der Waals surface area contributed by atoms with Crippen LogP contribution in [0.3, 0.4) is 0 Å². The minimum Gasteiger partial charge on any atom is -0.337 e. The highest BCUT2D eigenvalue weighted by Crippen LogP contribution is 2.15. The lowest BCUT2D eigenvalue weighted by Gasteiger charge is -2.02. The highest BCUT2D eigenvalue weighted by Gasteiger charge is 2.07. The summed E-state index contributed by atoms with van der Waals surface area (Å²) in [6.45, 7) is 5.05. The number of pyridine rings is 1. The molecule has 5 heteroatoms. The van der Waals surface area contributed by atoms with Crippen LogP contribution in [-0.2, 0) is 0 Å². The molecule has 0 saturated heterocycles. The summed E-state index contributed by atoms with van der Waals surface area (Å²) in [6, 6.07) is 4.18. The third-order valence-corrected chi connectivity index (χ3v) is 2.01. The highest BCUT2D eigenvalue weighted by atomic mass is 16.5. The Morgan fingerprint density at radius 1 is 1.44 bits per heavy atom. The summed E-state index contributed by atoms with van der Waals surface area (Å²) in [7, 11) is 0. The molecule has 2 aromatic rings. The number of aromatic nitrogens is 3. The van der Waals surface area contributed by atoms with Gasteiger partial charge in [0.25, 0.3) is 0 Å². The molecule has 0 spiro atoms. The second-order valence-corrected chi connectivity index (χ2v) is 3.94. The molecule has 2 rings (SSSR count). The number of hydrogen-bond acceptors (Lipinski definition) is 5. The smallest absolute Gasteiger partial charge is 0.321 e. The first kappa shape index (κ1) is 10.6. The third-order valence-electron chi connectivity index (χ3n) is 2.01. The van der Waals surface area contributed by atoms with E-state index in [0.717, 1.165) is 12.1 Å². The molecular weight excluding hydrogens is 204 g/mol. The van der Waals surface area contributed by atoms with Crippen molar-refractivity contribution in [2.45, 2.75) is 13.8 Å². The van der Waals surface area contributed by atoms with Gasteiger partial charge in [-0.1, -0.05) is 19.0 Å². The summed E-state index contributed by atoms with van der Waals surface area (Å²) in [6.07, 6.45) is 3.42. The van der Waals surface area contributed by atoms with Crippen LogP contribution in [0.15, 0.2) is 29.0 Å². The Balaban J connectivity index is 2.08. The first-order valence-electron chi connectivity index (χ1n) is 5.23. The number of nitrogens with zero attached hydrogens (tertiary/aromatic N) is 3. The zero-order chi connectivity index (χ0) is 11.4. The van der Waals surface area contributed by atoms with Crippen LogP contribution in [0.2, 0.25) is 0 Å². The summed E-state index contributed by atoms with van der Waals surface area (Å²) in [5.41, 5.74) is 0.851. The minimum atomic E-state index is 0.451. The van der Waals surface area contributed by atoms with Gasteiger partial charge in [0, 0.05) is 24.5 Å². The molecule has 0 aliphatic rings. The maximum absolute atomic E-state index is 5.07. The van der Waals surface area contributed by atoms with Crippen molar-refractivity contribution in [1.82, 2.24) is 15.1 Å². The normalized spacial score (nSPS) is 10.7. The molecule has 1 N–H and O–H groups in total. The molecule has 0 bridgehead atoms. The second kappa shape index (κ2) is 4.74. The fourth-order valence-corrected chi connectivity index (χ4v) is 1.20. The van der Waals surface area contributed by atoms with Crippen molar-refractivity contribution in [2.24, 2.45) is 5.92 Å². The average molecular weight is 218 g/mol. The van der Waals surface area contributed by atoms with Crippen molar-refractivity contribution in [3.63, 3.8) is 0 Å². The van der Waals surface area contributed by atoms with E-state index in [4.69, 9.17) is 4.52 Å². The first-order chi connectivity index (χ1) is 7.75. The molecule has 2 aromatic heterocycles. The Morgan fingerprint density at radius 3 is 3.00 bits per heavy atom. The van der Waals surface area contributed by atoms with Crippen LogP contribution in [0.1, 0.15) is 13.8 Å². The Labute approximate surface area is 93.9 Å².